The third-order valence-corrected chi connectivity index (χ3v) is 5.38. The summed E-state index contributed by atoms with van der Waals surface area (Å²) in [6.07, 6.45) is 3.85. The summed E-state index contributed by atoms with van der Waals surface area (Å²) in [6.45, 7) is 0.0245. The topological polar surface area (TPSA) is 102 Å². The Hall–Kier alpha value is -2.64. The molecule has 1 saturated heterocycles. The number of nitrogens with zero attached hydrogens (tertiary/aromatic N) is 2. The smallest absolute Gasteiger partial charge is 0.325 e. The normalized spacial score (nSPS) is 22.0. The van der Waals surface area contributed by atoms with Crippen molar-refractivity contribution in [3.8, 4) is 5.75 Å². The second kappa shape index (κ2) is 5.44. The van der Waals surface area contributed by atoms with Crippen molar-refractivity contribution < 1.29 is 19.2 Å². The number of amides is 3. The number of urea groups is 1. The van der Waals surface area contributed by atoms with E-state index in [-0.39, 0.29) is 35.7 Å². The molecule has 8 heteroatoms. The van der Waals surface area contributed by atoms with Gasteiger partial charge >= 0.3 is 11.7 Å². The molecule has 1 aromatic rings. The third-order valence-electron chi connectivity index (χ3n) is 5.38. The maximum Gasteiger partial charge on any atom is 0.325 e. The lowest BCUT2D eigenvalue weighted by Crippen LogP contribution is -2.51. The van der Waals surface area contributed by atoms with Gasteiger partial charge in [0.2, 0.25) is 0 Å². The van der Waals surface area contributed by atoms with Crippen LogP contribution in [0, 0.1) is 22.0 Å². The van der Waals surface area contributed by atoms with Gasteiger partial charge in [-0.1, -0.05) is 6.07 Å². The Labute approximate surface area is 144 Å². The van der Waals surface area contributed by atoms with Crippen LogP contribution in [0.25, 0.3) is 0 Å². The molecule has 132 valence electrons. The fourth-order valence-electron chi connectivity index (χ4n) is 3.88. The number of hydrogen-bond acceptors (Lipinski definition) is 5. The van der Waals surface area contributed by atoms with Gasteiger partial charge in [-0.15, -0.1) is 0 Å². The van der Waals surface area contributed by atoms with Gasteiger partial charge in [-0.05, 0) is 49.1 Å². The molecule has 3 amide bonds. The number of carbonyl (C=O) groups excluding carboxylic acids is 2. The van der Waals surface area contributed by atoms with Gasteiger partial charge in [0.25, 0.3) is 5.91 Å². The van der Waals surface area contributed by atoms with Crippen LogP contribution in [0.2, 0.25) is 0 Å². The van der Waals surface area contributed by atoms with E-state index in [1.165, 1.54) is 24.1 Å². The zero-order valence-electron chi connectivity index (χ0n) is 13.9. The van der Waals surface area contributed by atoms with E-state index in [9.17, 15) is 19.7 Å². The summed E-state index contributed by atoms with van der Waals surface area (Å²) < 4.78 is 4.98. The molecule has 3 aliphatic rings. The van der Waals surface area contributed by atoms with E-state index in [0.717, 1.165) is 25.7 Å². The number of imide groups is 1. The average Bonchev–Trinajstić information content (AvgIpc) is 3.48. The van der Waals surface area contributed by atoms with E-state index in [2.05, 4.69) is 5.32 Å². The number of nitro groups is 1. The summed E-state index contributed by atoms with van der Waals surface area (Å²) in [5, 5.41) is 14.1. The minimum atomic E-state index is -0.741. The lowest BCUT2D eigenvalue weighted by molar-refractivity contribution is -0.385. The number of methoxy groups -OCH3 is 1. The highest BCUT2D eigenvalue weighted by atomic mass is 16.6. The number of benzene rings is 1. The van der Waals surface area contributed by atoms with Crippen LogP contribution in [0.1, 0.15) is 31.2 Å². The Morgan fingerprint density at radius 3 is 2.44 bits per heavy atom. The minimum absolute atomic E-state index is 0.0245. The van der Waals surface area contributed by atoms with Crippen LogP contribution in [-0.4, -0.2) is 34.4 Å². The Kier molecular flexibility index (Phi) is 3.45. The van der Waals surface area contributed by atoms with Crippen LogP contribution in [0.3, 0.4) is 0 Å². The SMILES string of the molecule is COc1ccc(CN2C(=O)NC(C3CC3)(C3CC3)C2=O)cc1[N+](=O)[O-]. The van der Waals surface area contributed by atoms with Gasteiger partial charge in [0.05, 0.1) is 18.6 Å². The fraction of sp³-hybridized carbons (Fsp3) is 0.529. The molecule has 0 bridgehead atoms. The number of nitro benzene ring substituents is 1. The highest BCUT2D eigenvalue weighted by Crippen LogP contribution is 2.54. The first-order valence-electron chi connectivity index (χ1n) is 8.42. The number of hydrogen-bond donors (Lipinski definition) is 1. The van der Waals surface area contributed by atoms with Crippen LogP contribution in [0.5, 0.6) is 5.75 Å². The number of carbonyl (C=O) groups is 2. The molecule has 0 spiro atoms. The van der Waals surface area contributed by atoms with E-state index < -0.39 is 16.5 Å². The molecule has 2 aliphatic carbocycles. The van der Waals surface area contributed by atoms with E-state index in [1.54, 1.807) is 6.07 Å². The monoisotopic (exact) mass is 345 g/mol. The molecule has 1 aliphatic heterocycles. The summed E-state index contributed by atoms with van der Waals surface area (Å²) in [7, 11) is 1.36. The van der Waals surface area contributed by atoms with Crippen molar-refractivity contribution >= 4 is 17.6 Å². The molecule has 1 N–H and O–H groups in total. The quantitative estimate of drug-likeness (QED) is 0.484. The molecule has 1 heterocycles. The van der Waals surface area contributed by atoms with Gasteiger partial charge in [0, 0.05) is 6.07 Å². The second-order valence-corrected chi connectivity index (χ2v) is 7.00. The van der Waals surface area contributed by atoms with Crippen molar-refractivity contribution in [1.29, 1.82) is 0 Å². The minimum Gasteiger partial charge on any atom is -0.490 e. The summed E-state index contributed by atoms with van der Waals surface area (Å²) in [5.41, 5.74) is -0.392. The van der Waals surface area contributed by atoms with Gasteiger partial charge < -0.3 is 10.1 Å². The molecule has 2 saturated carbocycles. The fourth-order valence-corrected chi connectivity index (χ4v) is 3.88. The summed E-state index contributed by atoms with van der Waals surface area (Å²) in [4.78, 5) is 37.3. The van der Waals surface area contributed by atoms with E-state index in [4.69, 9.17) is 4.74 Å². The molecule has 0 unspecified atom stereocenters. The Balaban J connectivity index is 1.61. The van der Waals surface area contributed by atoms with Crippen LogP contribution in [0.15, 0.2) is 18.2 Å². The largest absolute Gasteiger partial charge is 0.490 e. The Bertz CT molecular complexity index is 758. The maximum atomic E-state index is 13.0. The van der Waals surface area contributed by atoms with Crippen molar-refractivity contribution in [3.63, 3.8) is 0 Å². The Morgan fingerprint density at radius 1 is 1.28 bits per heavy atom. The standard InChI is InChI=1S/C17H19N3O5/c1-25-14-7-2-10(8-13(14)20(23)24)9-19-15(21)17(11-3-4-11,12-5-6-12)18-16(19)22/h2,7-8,11-12H,3-6,9H2,1H3,(H,18,22). The van der Waals surface area contributed by atoms with Crippen molar-refractivity contribution in [2.24, 2.45) is 11.8 Å². The average molecular weight is 345 g/mol. The molecule has 1 aromatic carbocycles. The molecule has 8 nitrogen and oxygen atoms in total. The molecular formula is C17H19N3O5. The van der Waals surface area contributed by atoms with Crippen molar-refractivity contribution in [1.82, 2.24) is 10.2 Å². The first-order valence-corrected chi connectivity index (χ1v) is 8.42. The van der Waals surface area contributed by atoms with Gasteiger partial charge in [0.1, 0.15) is 5.54 Å². The third kappa shape index (κ3) is 2.43. The van der Waals surface area contributed by atoms with Gasteiger partial charge in [-0.3, -0.25) is 19.8 Å². The highest BCUT2D eigenvalue weighted by molar-refractivity contribution is 6.07. The van der Waals surface area contributed by atoms with Crippen molar-refractivity contribution in [2.45, 2.75) is 37.8 Å². The first-order chi connectivity index (χ1) is 12.0. The zero-order chi connectivity index (χ0) is 17.8. The summed E-state index contributed by atoms with van der Waals surface area (Å²) >= 11 is 0. The number of rotatable bonds is 6. The first kappa shape index (κ1) is 15.9. The van der Waals surface area contributed by atoms with Crippen molar-refractivity contribution in [3.05, 3.63) is 33.9 Å². The van der Waals surface area contributed by atoms with Gasteiger partial charge in [-0.2, -0.15) is 0 Å². The van der Waals surface area contributed by atoms with E-state index in [0.29, 0.717) is 5.56 Å². The lowest BCUT2D eigenvalue weighted by Gasteiger charge is -2.26. The van der Waals surface area contributed by atoms with Crippen molar-refractivity contribution in [2.75, 3.05) is 7.11 Å². The highest BCUT2D eigenvalue weighted by Gasteiger charge is 2.65. The molecular weight excluding hydrogens is 326 g/mol. The maximum absolute atomic E-state index is 13.0. The zero-order valence-corrected chi connectivity index (χ0v) is 13.9. The number of ether oxygens (including phenoxy) is 1. The van der Waals surface area contributed by atoms with E-state index in [1.807, 2.05) is 0 Å². The van der Waals surface area contributed by atoms with Crippen LogP contribution >= 0.6 is 0 Å². The second-order valence-electron chi connectivity index (χ2n) is 7.00. The summed E-state index contributed by atoms with van der Waals surface area (Å²) in [5.74, 6) is 0.426. The Morgan fingerprint density at radius 2 is 1.92 bits per heavy atom. The van der Waals surface area contributed by atoms with Gasteiger partial charge in [-0.25, -0.2) is 4.79 Å². The molecule has 0 radical (unpaired) electrons. The summed E-state index contributed by atoms with van der Waals surface area (Å²) in [6, 6.07) is 4.08. The molecule has 3 fully saturated rings. The van der Waals surface area contributed by atoms with Crippen LogP contribution in [-0.2, 0) is 11.3 Å². The van der Waals surface area contributed by atoms with Gasteiger partial charge in [0.15, 0.2) is 5.75 Å². The number of nitrogens with one attached hydrogen (secondary N) is 1. The molecule has 0 atom stereocenters. The molecule has 0 aromatic heterocycles. The van der Waals surface area contributed by atoms with Crippen LogP contribution in [0.4, 0.5) is 10.5 Å². The van der Waals surface area contributed by atoms with E-state index >= 15 is 0 Å². The van der Waals surface area contributed by atoms with Crippen LogP contribution < -0.4 is 10.1 Å². The predicted octanol–water partition coefficient (Wildman–Crippen LogP) is 2.21. The molecule has 25 heavy (non-hydrogen) atoms. The predicted molar refractivity (Wildman–Crippen MR) is 86.9 cm³/mol. The lowest BCUT2D eigenvalue weighted by atomic mass is 9.87. The molecule has 4 rings (SSSR count).